The first-order valence-electron chi connectivity index (χ1n) is 16.7. The Morgan fingerprint density at radius 2 is 1.12 bits per heavy atom. The normalized spacial score (nSPS) is 12.5. The van der Waals surface area contributed by atoms with E-state index in [0.717, 1.165) is 0 Å². The number of rotatable bonds is 10. The van der Waals surface area contributed by atoms with Crippen molar-refractivity contribution in [1.29, 1.82) is 0 Å². The largest absolute Gasteiger partial charge is 0.494 e. The summed E-state index contributed by atoms with van der Waals surface area (Å²) in [7, 11) is -2.23. The molecule has 0 aliphatic rings. The van der Waals surface area contributed by atoms with Gasteiger partial charge < -0.3 is 30.3 Å². The third-order valence-electron chi connectivity index (χ3n) is 6.39. The van der Waals surface area contributed by atoms with Crippen molar-refractivity contribution >= 4 is 57.9 Å². The number of aromatic nitrogens is 10. The monoisotopic (exact) mass is 790 g/mol. The van der Waals surface area contributed by atoms with Crippen LogP contribution in [-0.2, 0) is 33.6 Å². The van der Waals surface area contributed by atoms with Gasteiger partial charge in [-0.1, -0.05) is 35.3 Å². The summed E-state index contributed by atoms with van der Waals surface area (Å²) in [6, 6.07) is 11.9. The Morgan fingerprint density at radius 1 is 0.706 bits per heavy atom. The number of hydrogen-bond donors (Lipinski definition) is 4. The van der Waals surface area contributed by atoms with Gasteiger partial charge in [-0.05, 0) is 24.3 Å². The van der Waals surface area contributed by atoms with E-state index in [9.17, 15) is 19.8 Å². The van der Waals surface area contributed by atoms with Crippen molar-refractivity contribution in [2.45, 2.75) is 0 Å². The van der Waals surface area contributed by atoms with Gasteiger partial charge in [0.05, 0.1) is 56.2 Å². The van der Waals surface area contributed by atoms with Crippen LogP contribution in [0.1, 0.15) is 29.2 Å². The van der Waals surface area contributed by atoms with E-state index in [1.165, 1.54) is 46.3 Å². The van der Waals surface area contributed by atoms with Gasteiger partial charge in [-0.2, -0.15) is 10.2 Å². The average Bonchev–Trinajstić information content (AvgIpc) is 3.73. The standard InChI is InChI=1S/2C15H13ClN6O3.Zn/c2*1-22-7-17-14(21-22)8-4-3-5-9(13(8)25-2)18-10-6-11(16)19-20-12(10)15(23)24;/h2*3-7H,1-2H3,(H,18,19)(H,23,24);/i2*2D3;. The number of aromatic carboxylic acids is 2. The minimum Gasteiger partial charge on any atom is -0.494 e. The molecular weight excluding hydrogens is 761 g/mol. The zero-order valence-corrected chi connectivity index (χ0v) is 30.7. The molecule has 0 radical (unpaired) electrons. The summed E-state index contributed by atoms with van der Waals surface area (Å²) in [6.45, 7) is 0. The molecule has 18 nitrogen and oxygen atoms in total. The van der Waals surface area contributed by atoms with Crippen LogP contribution in [-0.4, -0.2) is 86.2 Å². The molecule has 0 saturated heterocycles. The second kappa shape index (κ2) is 16.8. The number of methoxy groups -OCH3 is 2. The van der Waals surface area contributed by atoms with Crippen LogP contribution in [0.25, 0.3) is 22.8 Å². The van der Waals surface area contributed by atoms with Crippen LogP contribution in [0.15, 0.2) is 61.2 Å². The van der Waals surface area contributed by atoms with Crippen LogP contribution in [0, 0.1) is 0 Å². The van der Waals surface area contributed by atoms with E-state index in [-0.39, 0.29) is 75.7 Å². The molecule has 6 rings (SSSR count). The van der Waals surface area contributed by atoms with Crippen molar-refractivity contribution in [3.05, 3.63) is 82.9 Å². The SMILES string of the molecule is [2H]C([2H])([2H])Oc1c(Nc2cc(Cl)nnc2C(=O)O)cccc1-c1ncn(C)n1.[2H]C([2H])([2H])Oc1c(Nc2cc(Cl)nnc2C(=O)O)cccc1-c1ncn(C)n1.[Zn]. The Labute approximate surface area is 320 Å². The molecule has 0 unspecified atom stereocenters. The van der Waals surface area contributed by atoms with Crippen LogP contribution < -0.4 is 20.1 Å². The molecule has 0 bridgehead atoms. The molecule has 0 aliphatic carbocycles. The van der Waals surface area contributed by atoms with Gasteiger partial charge in [-0.15, -0.1) is 20.4 Å². The Morgan fingerprint density at radius 3 is 1.45 bits per heavy atom. The summed E-state index contributed by atoms with van der Waals surface area (Å²) >= 11 is 11.6. The molecule has 4 heterocycles. The smallest absolute Gasteiger partial charge is 0.358 e. The van der Waals surface area contributed by atoms with Crippen LogP contribution >= 0.6 is 23.2 Å². The van der Waals surface area contributed by atoms with Crippen LogP contribution in [0.4, 0.5) is 22.7 Å². The summed E-state index contributed by atoms with van der Waals surface area (Å²) in [6.07, 6.45) is 2.90. The predicted molar refractivity (Wildman–Crippen MR) is 181 cm³/mol. The van der Waals surface area contributed by atoms with E-state index in [2.05, 4.69) is 51.2 Å². The van der Waals surface area contributed by atoms with Crippen molar-refractivity contribution in [3.63, 3.8) is 0 Å². The van der Waals surface area contributed by atoms with Crippen molar-refractivity contribution in [3.8, 4) is 34.3 Å². The molecule has 0 fully saturated rings. The minimum absolute atomic E-state index is 0. The molecule has 0 atom stereocenters. The quantitative estimate of drug-likeness (QED) is 0.137. The summed E-state index contributed by atoms with van der Waals surface area (Å²) in [5.74, 6) is -2.39. The number of anilines is 4. The second-order valence-electron chi connectivity index (χ2n) is 9.77. The number of nitrogens with one attached hydrogen (secondary N) is 2. The van der Waals surface area contributed by atoms with Gasteiger partial charge in [0.15, 0.2) is 44.8 Å². The first-order chi connectivity index (χ1) is 26.3. The third-order valence-corrected chi connectivity index (χ3v) is 6.76. The Kier molecular flexibility index (Phi) is 9.88. The van der Waals surface area contributed by atoms with Crippen LogP contribution in [0.3, 0.4) is 0 Å². The number of aryl methyl sites for hydroxylation is 2. The fourth-order valence-electron chi connectivity index (χ4n) is 4.30. The van der Waals surface area contributed by atoms with Gasteiger partial charge in [0, 0.05) is 45.7 Å². The van der Waals surface area contributed by atoms with Gasteiger partial charge in [0.2, 0.25) is 0 Å². The van der Waals surface area contributed by atoms with Gasteiger partial charge in [0.25, 0.3) is 0 Å². The summed E-state index contributed by atoms with van der Waals surface area (Å²) < 4.78 is 57.9. The molecule has 21 heteroatoms. The maximum absolute atomic E-state index is 11.4. The first-order valence-corrected chi connectivity index (χ1v) is 14.5. The van der Waals surface area contributed by atoms with Crippen molar-refractivity contribution in [2.24, 2.45) is 14.1 Å². The molecule has 0 amide bonds. The number of benzene rings is 2. The van der Waals surface area contributed by atoms with E-state index in [0.29, 0.717) is 11.1 Å². The number of carboxylic acid groups (broad SMARTS) is 2. The van der Waals surface area contributed by atoms with Gasteiger partial charge in [-0.25, -0.2) is 19.6 Å². The molecule has 0 spiro atoms. The summed E-state index contributed by atoms with van der Waals surface area (Å²) in [5.41, 5.74) is 0.137. The van der Waals surface area contributed by atoms with Crippen molar-refractivity contribution < 1.29 is 57.0 Å². The fraction of sp³-hybridized carbons (Fsp3) is 0.133. The predicted octanol–water partition coefficient (Wildman–Crippen LogP) is 4.75. The zero-order valence-electron chi connectivity index (χ0n) is 32.2. The Hall–Kier alpha value is -5.78. The third kappa shape index (κ3) is 8.88. The zero-order chi connectivity index (χ0) is 40.9. The molecule has 4 aromatic heterocycles. The van der Waals surface area contributed by atoms with Crippen molar-refractivity contribution in [1.82, 2.24) is 49.9 Å². The van der Waals surface area contributed by atoms with Crippen LogP contribution in [0.5, 0.6) is 11.5 Å². The molecular formula is C30H26Cl2N12O6Zn. The summed E-state index contributed by atoms with van der Waals surface area (Å²) in [4.78, 5) is 31.0. The molecule has 4 N–H and O–H groups in total. The van der Waals surface area contributed by atoms with E-state index < -0.39 is 37.4 Å². The number of hydrogen-bond acceptors (Lipinski definition) is 14. The summed E-state index contributed by atoms with van der Waals surface area (Å²) in [5, 5.41) is 46.5. The molecule has 258 valence electrons. The van der Waals surface area contributed by atoms with Crippen LogP contribution in [0.2, 0.25) is 10.3 Å². The maximum Gasteiger partial charge on any atom is 0.358 e. The fourth-order valence-corrected chi connectivity index (χ4v) is 4.59. The topological polar surface area (TPSA) is 230 Å². The minimum atomic E-state index is -2.77. The Balaban J connectivity index is 0.000000248. The number of halogens is 2. The van der Waals surface area contributed by atoms with Gasteiger partial charge >= 0.3 is 11.9 Å². The van der Waals surface area contributed by atoms with E-state index >= 15 is 0 Å². The van der Waals surface area contributed by atoms with Crippen molar-refractivity contribution in [2.75, 3.05) is 24.7 Å². The number of carboxylic acids is 2. The molecule has 0 aliphatic heterocycles. The Bertz CT molecular complexity index is 2250. The van der Waals surface area contributed by atoms with Gasteiger partial charge in [0.1, 0.15) is 12.7 Å². The molecule has 2 aromatic carbocycles. The number of nitrogens with zero attached hydrogens (tertiary/aromatic N) is 10. The van der Waals surface area contributed by atoms with E-state index in [1.807, 2.05) is 0 Å². The number of carbonyl (C=O) groups is 2. The maximum atomic E-state index is 11.4. The van der Waals surface area contributed by atoms with E-state index in [4.69, 9.17) is 40.9 Å². The average molecular weight is 793 g/mol. The molecule has 6 aromatic rings. The first kappa shape index (κ1) is 30.1. The van der Waals surface area contributed by atoms with Gasteiger partial charge in [-0.3, -0.25) is 9.36 Å². The van der Waals surface area contributed by atoms with E-state index in [1.54, 1.807) is 38.4 Å². The number of ether oxygens (including phenoxy) is 2. The molecule has 0 saturated carbocycles. The molecule has 51 heavy (non-hydrogen) atoms. The number of para-hydroxylation sites is 2. The second-order valence-corrected chi connectivity index (χ2v) is 10.5.